The second kappa shape index (κ2) is 5.83. The van der Waals surface area contributed by atoms with E-state index < -0.39 is 6.10 Å². The Hall–Kier alpha value is -0.930. The van der Waals surface area contributed by atoms with Crippen LogP contribution < -0.4 is 5.32 Å². The predicted molar refractivity (Wildman–Crippen MR) is 67.1 cm³/mol. The fraction of sp³-hybridized carbons (Fsp3) is 0.417. The SMILES string of the molecule is CCNC(=S)c1ccccc1C(O)CC. The van der Waals surface area contributed by atoms with E-state index in [1.165, 1.54) is 0 Å². The van der Waals surface area contributed by atoms with Gasteiger partial charge in [-0.2, -0.15) is 0 Å². The molecule has 0 aliphatic heterocycles. The summed E-state index contributed by atoms with van der Waals surface area (Å²) >= 11 is 5.25. The zero-order valence-electron chi connectivity index (χ0n) is 9.16. The van der Waals surface area contributed by atoms with E-state index in [4.69, 9.17) is 12.2 Å². The number of benzene rings is 1. The van der Waals surface area contributed by atoms with E-state index in [0.717, 1.165) is 17.7 Å². The minimum atomic E-state index is -0.433. The monoisotopic (exact) mass is 223 g/mol. The van der Waals surface area contributed by atoms with E-state index >= 15 is 0 Å². The molecule has 1 aromatic carbocycles. The summed E-state index contributed by atoms with van der Waals surface area (Å²) in [6.45, 7) is 4.76. The predicted octanol–water partition coefficient (Wildman–Crippen LogP) is 2.42. The minimum absolute atomic E-state index is 0.433. The molecule has 0 amide bonds. The molecule has 0 spiro atoms. The first kappa shape index (κ1) is 12.1. The van der Waals surface area contributed by atoms with Crippen molar-refractivity contribution < 1.29 is 5.11 Å². The molecule has 1 aromatic rings. The van der Waals surface area contributed by atoms with Gasteiger partial charge in [0.05, 0.1) is 6.10 Å². The molecule has 82 valence electrons. The lowest BCUT2D eigenvalue weighted by Gasteiger charge is -2.15. The number of aliphatic hydroxyl groups excluding tert-OH is 1. The number of nitrogens with one attached hydrogen (secondary N) is 1. The summed E-state index contributed by atoms with van der Waals surface area (Å²) in [5, 5.41) is 12.9. The molecule has 2 nitrogen and oxygen atoms in total. The van der Waals surface area contributed by atoms with Crippen LogP contribution in [0.25, 0.3) is 0 Å². The van der Waals surface area contributed by atoms with Gasteiger partial charge in [0.1, 0.15) is 4.99 Å². The number of hydrogen-bond donors (Lipinski definition) is 2. The van der Waals surface area contributed by atoms with Crippen LogP contribution in [0, 0.1) is 0 Å². The Balaban J connectivity index is 3.00. The first-order chi connectivity index (χ1) is 7.20. The quantitative estimate of drug-likeness (QED) is 0.769. The number of rotatable bonds is 4. The Bertz CT molecular complexity index is 338. The van der Waals surface area contributed by atoms with Crippen molar-refractivity contribution in [3.05, 3.63) is 35.4 Å². The third kappa shape index (κ3) is 3.01. The van der Waals surface area contributed by atoms with Crippen LogP contribution >= 0.6 is 12.2 Å². The highest BCUT2D eigenvalue weighted by Gasteiger charge is 2.12. The normalized spacial score (nSPS) is 12.2. The lowest BCUT2D eigenvalue weighted by molar-refractivity contribution is 0.173. The number of hydrogen-bond acceptors (Lipinski definition) is 2. The van der Waals surface area contributed by atoms with Crippen LogP contribution in [0.2, 0.25) is 0 Å². The molecule has 0 saturated heterocycles. The molecular weight excluding hydrogens is 206 g/mol. The highest BCUT2D eigenvalue weighted by Crippen LogP contribution is 2.20. The van der Waals surface area contributed by atoms with Crippen LogP contribution in [-0.4, -0.2) is 16.6 Å². The molecule has 3 heteroatoms. The second-order valence-corrected chi connectivity index (χ2v) is 3.78. The Labute approximate surface area is 96.3 Å². The summed E-state index contributed by atoms with van der Waals surface area (Å²) in [5.74, 6) is 0. The van der Waals surface area contributed by atoms with Crippen molar-refractivity contribution in [2.45, 2.75) is 26.4 Å². The van der Waals surface area contributed by atoms with Gasteiger partial charge in [0, 0.05) is 12.1 Å². The van der Waals surface area contributed by atoms with Gasteiger partial charge in [-0.3, -0.25) is 0 Å². The van der Waals surface area contributed by atoms with Gasteiger partial charge >= 0.3 is 0 Å². The molecule has 15 heavy (non-hydrogen) atoms. The fourth-order valence-electron chi connectivity index (χ4n) is 1.47. The maximum atomic E-state index is 9.84. The van der Waals surface area contributed by atoms with Crippen molar-refractivity contribution in [2.24, 2.45) is 0 Å². The molecule has 1 atom stereocenters. The zero-order valence-corrected chi connectivity index (χ0v) is 9.97. The van der Waals surface area contributed by atoms with Crippen molar-refractivity contribution in [3.8, 4) is 0 Å². The lowest BCUT2D eigenvalue weighted by Crippen LogP contribution is -2.23. The zero-order chi connectivity index (χ0) is 11.3. The van der Waals surface area contributed by atoms with Crippen LogP contribution in [0.5, 0.6) is 0 Å². The minimum Gasteiger partial charge on any atom is -0.388 e. The van der Waals surface area contributed by atoms with Gasteiger partial charge in [-0.05, 0) is 18.9 Å². The van der Waals surface area contributed by atoms with Crippen LogP contribution in [0.1, 0.15) is 37.5 Å². The Morgan fingerprint density at radius 1 is 1.40 bits per heavy atom. The smallest absolute Gasteiger partial charge is 0.106 e. The molecular formula is C12H17NOS. The lowest BCUT2D eigenvalue weighted by atomic mass is 10.0. The van der Waals surface area contributed by atoms with Crippen molar-refractivity contribution in [1.29, 1.82) is 0 Å². The van der Waals surface area contributed by atoms with E-state index in [2.05, 4.69) is 5.32 Å². The Morgan fingerprint density at radius 3 is 2.67 bits per heavy atom. The van der Waals surface area contributed by atoms with Gasteiger partial charge < -0.3 is 10.4 Å². The van der Waals surface area contributed by atoms with Gasteiger partial charge in [0.25, 0.3) is 0 Å². The van der Waals surface area contributed by atoms with Gasteiger partial charge in [-0.1, -0.05) is 43.4 Å². The summed E-state index contributed by atoms with van der Waals surface area (Å²) in [5.41, 5.74) is 1.84. The molecule has 2 N–H and O–H groups in total. The maximum absolute atomic E-state index is 9.84. The molecule has 0 heterocycles. The largest absolute Gasteiger partial charge is 0.388 e. The van der Waals surface area contributed by atoms with Gasteiger partial charge in [-0.15, -0.1) is 0 Å². The molecule has 0 saturated carbocycles. The topological polar surface area (TPSA) is 32.3 Å². The molecule has 1 rings (SSSR count). The van der Waals surface area contributed by atoms with E-state index in [-0.39, 0.29) is 0 Å². The third-order valence-electron chi connectivity index (χ3n) is 2.29. The molecule has 0 radical (unpaired) electrons. The molecule has 0 fully saturated rings. The molecule has 0 aliphatic rings. The molecule has 0 aliphatic carbocycles. The highest BCUT2D eigenvalue weighted by atomic mass is 32.1. The van der Waals surface area contributed by atoms with Crippen LogP contribution in [0.4, 0.5) is 0 Å². The number of thiocarbonyl (C=S) groups is 1. The fourth-order valence-corrected chi connectivity index (χ4v) is 1.80. The van der Waals surface area contributed by atoms with Crippen molar-refractivity contribution in [1.82, 2.24) is 5.32 Å². The standard InChI is InChI=1S/C12H17NOS/c1-3-11(14)9-7-5-6-8-10(9)12(15)13-4-2/h5-8,11,14H,3-4H2,1-2H3,(H,13,15). The average Bonchev–Trinajstić information content (AvgIpc) is 2.28. The second-order valence-electron chi connectivity index (χ2n) is 3.37. The summed E-state index contributed by atoms with van der Waals surface area (Å²) in [7, 11) is 0. The van der Waals surface area contributed by atoms with Gasteiger partial charge in [0.2, 0.25) is 0 Å². The van der Waals surface area contributed by atoms with Crippen LogP contribution in [0.3, 0.4) is 0 Å². The summed E-state index contributed by atoms with van der Waals surface area (Å²) < 4.78 is 0. The van der Waals surface area contributed by atoms with E-state index in [1.54, 1.807) is 0 Å². The van der Waals surface area contributed by atoms with E-state index in [0.29, 0.717) is 11.4 Å². The van der Waals surface area contributed by atoms with Gasteiger partial charge in [-0.25, -0.2) is 0 Å². The van der Waals surface area contributed by atoms with E-state index in [1.807, 2.05) is 38.1 Å². The Kier molecular flexibility index (Phi) is 4.72. The Morgan fingerprint density at radius 2 is 2.07 bits per heavy atom. The van der Waals surface area contributed by atoms with E-state index in [9.17, 15) is 5.11 Å². The summed E-state index contributed by atoms with van der Waals surface area (Å²) in [6, 6.07) is 7.73. The van der Waals surface area contributed by atoms with Crippen molar-refractivity contribution in [2.75, 3.05) is 6.54 Å². The summed E-state index contributed by atoms with van der Waals surface area (Å²) in [4.78, 5) is 0.709. The number of aliphatic hydroxyl groups is 1. The van der Waals surface area contributed by atoms with Crippen LogP contribution in [0.15, 0.2) is 24.3 Å². The maximum Gasteiger partial charge on any atom is 0.106 e. The summed E-state index contributed by atoms with van der Waals surface area (Å²) in [6.07, 6.45) is 0.268. The third-order valence-corrected chi connectivity index (χ3v) is 2.65. The highest BCUT2D eigenvalue weighted by molar-refractivity contribution is 7.80. The first-order valence-electron chi connectivity index (χ1n) is 5.25. The van der Waals surface area contributed by atoms with Gasteiger partial charge in [0.15, 0.2) is 0 Å². The molecule has 0 bridgehead atoms. The molecule has 1 unspecified atom stereocenters. The first-order valence-corrected chi connectivity index (χ1v) is 5.66. The van der Waals surface area contributed by atoms with Crippen molar-refractivity contribution in [3.63, 3.8) is 0 Å². The van der Waals surface area contributed by atoms with Crippen LogP contribution in [-0.2, 0) is 0 Å². The molecule has 0 aromatic heterocycles. The van der Waals surface area contributed by atoms with Crippen molar-refractivity contribution >= 4 is 17.2 Å². The average molecular weight is 223 g/mol.